The summed E-state index contributed by atoms with van der Waals surface area (Å²) in [6.45, 7) is 2.82. The Labute approximate surface area is 80.1 Å². The van der Waals surface area contributed by atoms with E-state index in [4.69, 9.17) is 5.73 Å². The minimum Gasteiger partial charge on any atom is -0.329 e. The van der Waals surface area contributed by atoms with E-state index in [1.54, 1.807) is 0 Å². The van der Waals surface area contributed by atoms with Crippen LogP contribution in [0.1, 0.15) is 24.1 Å². The Bertz CT molecular complexity index is 254. The van der Waals surface area contributed by atoms with Crippen LogP contribution < -0.4 is 11.1 Å². The predicted molar refractivity (Wildman–Crippen MR) is 56.7 cm³/mol. The molecule has 0 heterocycles. The average molecular weight is 178 g/mol. The lowest BCUT2D eigenvalue weighted by Gasteiger charge is -2.17. The van der Waals surface area contributed by atoms with Gasteiger partial charge in [0.25, 0.3) is 0 Å². The highest BCUT2D eigenvalue weighted by Gasteiger charge is 2.09. The molecule has 0 fully saturated rings. The molecule has 0 aliphatic heterocycles. The number of benzene rings is 1. The zero-order chi connectivity index (χ0) is 9.68. The second-order valence-corrected chi connectivity index (χ2v) is 3.13. The van der Waals surface area contributed by atoms with E-state index in [9.17, 15) is 0 Å². The smallest absolute Gasteiger partial charge is 0.0444 e. The molecular formula is C11H18N2. The van der Waals surface area contributed by atoms with Crippen molar-refractivity contribution in [2.75, 3.05) is 13.6 Å². The maximum atomic E-state index is 5.68. The van der Waals surface area contributed by atoms with Gasteiger partial charge in [-0.1, -0.05) is 31.2 Å². The quantitative estimate of drug-likeness (QED) is 0.732. The fourth-order valence-corrected chi connectivity index (χ4v) is 1.60. The van der Waals surface area contributed by atoms with Crippen LogP contribution in [0.2, 0.25) is 0 Å². The van der Waals surface area contributed by atoms with E-state index in [-0.39, 0.29) is 6.04 Å². The third-order valence-corrected chi connectivity index (χ3v) is 2.40. The molecule has 1 atom stereocenters. The van der Waals surface area contributed by atoms with Crippen LogP contribution in [0.3, 0.4) is 0 Å². The predicted octanol–water partition coefficient (Wildman–Crippen LogP) is 1.47. The summed E-state index contributed by atoms with van der Waals surface area (Å²) in [6.07, 6.45) is 1.06. The molecule has 2 nitrogen and oxygen atoms in total. The van der Waals surface area contributed by atoms with Gasteiger partial charge in [0.2, 0.25) is 0 Å². The van der Waals surface area contributed by atoms with E-state index in [1.807, 2.05) is 7.05 Å². The molecule has 1 aromatic rings. The molecule has 2 heteroatoms. The van der Waals surface area contributed by atoms with Crippen LogP contribution in [-0.2, 0) is 6.42 Å². The summed E-state index contributed by atoms with van der Waals surface area (Å²) in [7, 11) is 1.95. The molecule has 0 spiro atoms. The summed E-state index contributed by atoms with van der Waals surface area (Å²) < 4.78 is 0. The molecule has 0 amide bonds. The molecule has 0 radical (unpaired) electrons. The van der Waals surface area contributed by atoms with Gasteiger partial charge in [0, 0.05) is 12.6 Å². The van der Waals surface area contributed by atoms with Crippen molar-refractivity contribution >= 4 is 0 Å². The van der Waals surface area contributed by atoms with Gasteiger partial charge in [0.15, 0.2) is 0 Å². The van der Waals surface area contributed by atoms with Gasteiger partial charge in [-0.3, -0.25) is 0 Å². The second-order valence-electron chi connectivity index (χ2n) is 3.13. The van der Waals surface area contributed by atoms with Gasteiger partial charge in [-0.2, -0.15) is 0 Å². The number of aryl methyl sites for hydroxylation is 1. The van der Waals surface area contributed by atoms with Crippen LogP contribution in [-0.4, -0.2) is 13.6 Å². The number of likely N-dealkylation sites (N-methyl/N-ethyl adjacent to an activating group) is 1. The summed E-state index contributed by atoms with van der Waals surface area (Å²) in [4.78, 5) is 0. The number of hydrogen-bond acceptors (Lipinski definition) is 2. The largest absolute Gasteiger partial charge is 0.329 e. The molecule has 0 aliphatic carbocycles. The highest BCUT2D eigenvalue weighted by Crippen LogP contribution is 2.17. The van der Waals surface area contributed by atoms with E-state index >= 15 is 0 Å². The van der Waals surface area contributed by atoms with Gasteiger partial charge >= 0.3 is 0 Å². The molecule has 0 bridgehead atoms. The Kier molecular flexibility index (Phi) is 3.93. The van der Waals surface area contributed by atoms with Crippen molar-refractivity contribution in [3.05, 3.63) is 35.4 Å². The fourth-order valence-electron chi connectivity index (χ4n) is 1.60. The van der Waals surface area contributed by atoms with Crippen molar-refractivity contribution in [2.24, 2.45) is 5.73 Å². The van der Waals surface area contributed by atoms with Crippen LogP contribution >= 0.6 is 0 Å². The summed E-state index contributed by atoms with van der Waals surface area (Å²) >= 11 is 0. The van der Waals surface area contributed by atoms with Gasteiger partial charge in [-0.25, -0.2) is 0 Å². The first-order chi connectivity index (χ1) is 6.33. The second kappa shape index (κ2) is 5.00. The van der Waals surface area contributed by atoms with Crippen molar-refractivity contribution < 1.29 is 0 Å². The third kappa shape index (κ3) is 2.29. The molecule has 3 N–H and O–H groups in total. The maximum Gasteiger partial charge on any atom is 0.0444 e. The van der Waals surface area contributed by atoms with Crippen LogP contribution in [0.4, 0.5) is 0 Å². The van der Waals surface area contributed by atoms with Crippen molar-refractivity contribution in [3.8, 4) is 0 Å². The minimum atomic E-state index is 0.288. The highest BCUT2D eigenvalue weighted by atomic mass is 14.9. The lowest BCUT2D eigenvalue weighted by atomic mass is 9.99. The third-order valence-electron chi connectivity index (χ3n) is 2.40. The average Bonchev–Trinajstić information content (AvgIpc) is 2.20. The van der Waals surface area contributed by atoms with Crippen molar-refractivity contribution in [2.45, 2.75) is 19.4 Å². The van der Waals surface area contributed by atoms with E-state index in [2.05, 4.69) is 36.5 Å². The number of nitrogens with two attached hydrogens (primary N) is 1. The SMILES string of the molecule is CCc1ccccc1C(CN)NC. The number of nitrogens with one attached hydrogen (secondary N) is 1. The molecule has 0 saturated carbocycles. The van der Waals surface area contributed by atoms with Gasteiger partial charge in [0.1, 0.15) is 0 Å². The molecule has 1 unspecified atom stereocenters. The van der Waals surface area contributed by atoms with Gasteiger partial charge < -0.3 is 11.1 Å². The van der Waals surface area contributed by atoms with Crippen molar-refractivity contribution in [1.29, 1.82) is 0 Å². The van der Waals surface area contributed by atoms with Gasteiger partial charge in [-0.05, 0) is 24.6 Å². The summed E-state index contributed by atoms with van der Waals surface area (Å²) in [5, 5.41) is 3.22. The van der Waals surface area contributed by atoms with E-state index in [0.717, 1.165) is 6.42 Å². The molecule has 1 rings (SSSR count). The Hall–Kier alpha value is -0.860. The summed E-state index contributed by atoms with van der Waals surface area (Å²) in [5.74, 6) is 0. The standard InChI is InChI=1S/C11H18N2/c1-3-9-6-4-5-7-10(9)11(8-12)13-2/h4-7,11,13H,3,8,12H2,1-2H3. The fraction of sp³-hybridized carbons (Fsp3) is 0.455. The van der Waals surface area contributed by atoms with Crippen molar-refractivity contribution in [1.82, 2.24) is 5.32 Å². The van der Waals surface area contributed by atoms with Gasteiger partial charge in [-0.15, -0.1) is 0 Å². The zero-order valence-electron chi connectivity index (χ0n) is 8.38. The molecule has 1 aromatic carbocycles. The topological polar surface area (TPSA) is 38.0 Å². The summed E-state index contributed by atoms with van der Waals surface area (Å²) in [6, 6.07) is 8.73. The first-order valence-electron chi connectivity index (χ1n) is 4.78. The van der Waals surface area contributed by atoms with Crippen LogP contribution in [0.5, 0.6) is 0 Å². The van der Waals surface area contributed by atoms with E-state index < -0.39 is 0 Å². The van der Waals surface area contributed by atoms with Gasteiger partial charge in [0.05, 0.1) is 0 Å². The van der Waals surface area contributed by atoms with Crippen LogP contribution in [0.15, 0.2) is 24.3 Å². The highest BCUT2D eigenvalue weighted by molar-refractivity contribution is 5.30. The Balaban J connectivity index is 2.96. The normalized spacial score (nSPS) is 12.8. The van der Waals surface area contributed by atoms with E-state index in [1.165, 1.54) is 11.1 Å². The van der Waals surface area contributed by atoms with Crippen LogP contribution in [0.25, 0.3) is 0 Å². The molecular weight excluding hydrogens is 160 g/mol. The lowest BCUT2D eigenvalue weighted by molar-refractivity contribution is 0.600. The summed E-state index contributed by atoms with van der Waals surface area (Å²) in [5.41, 5.74) is 8.39. The first-order valence-corrected chi connectivity index (χ1v) is 4.78. The van der Waals surface area contributed by atoms with E-state index in [0.29, 0.717) is 6.54 Å². The number of hydrogen-bond donors (Lipinski definition) is 2. The first kappa shape index (κ1) is 10.2. The van der Waals surface area contributed by atoms with Crippen molar-refractivity contribution in [3.63, 3.8) is 0 Å². The zero-order valence-corrected chi connectivity index (χ0v) is 8.38. The maximum absolute atomic E-state index is 5.68. The Morgan fingerprint density at radius 2 is 2.08 bits per heavy atom. The number of rotatable bonds is 4. The molecule has 0 saturated heterocycles. The molecule has 0 aliphatic rings. The molecule has 0 aromatic heterocycles. The molecule has 72 valence electrons. The lowest BCUT2D eigenvalue weighted by Crippen LogP contribution is -2.25. The Morgan fingerprint density at radius 1 is 1.38 bits per heavy atom. The van der Waals surface area contributed by atoms with Crippen LogP contribution in [0, 0.1) is 0 Å². The monoisotopic (exact) mass is 178 g/mol. The Morgan fingerprint density at radius 3 is 2.62 bits per heavy atom. The molecule has 13 heavy (non-hydrogen) atoms. The minimum absolute atomic E-state index is 0.288.